The molecule has 9 heteroatoms. The van der Waals surface area contributed by atoms with E-state index in [1.807, 2.05) is 37.6 Å². The number of nitrogens with zero attached hydrogens (tertiary/aromatic N) is 6. The summed E-state index contributed by atoms with van der Waals surface area (Å²) < 4.78 is 3.75. The number of carbonyl (C=O) groups excluding carboxylic acids is 1. The van der Waals surface area contributed by atoms with Crippen LogP contribution in [0.2, 0.25) is 0 Å². The molecule has 0 aliphatic carbocycles. The van der Waals surface area contributed by atoms with Gasteiger partial charge < -0.3 is 10.6 Å². The maximum Gasteiger partial charge on any atom is 0.233 e. The molecule has 0 unspecified atom stereocenters. The second kappa shape index (κ2) is 10.2. The van der Waals surface area contributed by atoms with E-state index < -0.39 is 5.41 Å². The number of benzene rings is 2. The zero-order valence-corrected chi connectivity index (χ0v) is 22.6. The first kappa shape index (κ1) is 25.4. The van der Waals surface area contributed by atoms with Crippen LogP contribution < -0.4 is 10.6 Å². The van der Waals surface area contributed by atoms with Crippen LogP contribution in [0, 0.1) is 11.3 Å². The van der Waals surface area contributed by atoms with Crippen LogP contribution in [0.5, 0.6) is 0 Å². The van der Waals surface area contributed by atoms with Gasteiger partial charge in [-0.05, 0) is 34.7 Å². The second-order valence-corrected chi connectivity index (χ2v) is 11.0. The molecule has 2 N–H and O–H groups in total. The van der Waals surface area contributed by atoms with Gasteiger partial charge in [-0.15, -0.1) is 0 Å². The fourth-order valence-electron chi connectivity index (χ4n) is 4.37. The van der Waals surface area contributed by atoms with Crippen molar-refractivity contribution in [3.8, 4) is 5.95 Å². The van der Waals surface area contributed by atoms with Crippen LogP contribution in [0.15, 0.2) is 60.9 Å². The summed E-state index contributed by atoms with van der Waals surface area (Å²) in [5.41, 5.74) is 1.85. The third-order valence-corrected chi connectivity index (χ3v) is 6.30. The molecule has 5 aromatic rings. The maximum atomic E-state index is 13.0. The first-order chi connectivity index (χ1) is 18.2. The molecule has 1 amide bonds. The minimum atomic E-state index is -0.593. The molecule has 5 rings (SSSR count). The topological polar surface area (TPSA) is 103 Å². The van der Waals surface area contributed by atoms with Crippen molar-refractivity contribution in [2.45, 2.75) is 47.6 Å². The number of carbonyl (C=O) groups is 1. The molecule has 0 aliphatic heterocycles. The van der Waals surface area contributed by atoms with E-state index in [2.05, 4.69) is 72.0 Å². The Balaban J connectivity index is 1.53. The van der Waals surface area contributed by atoms with Crippen LogP contribution in [0.3, 0.4) is 0 Å². The van der Waals surface area contributed by atoms with E-state index in [4.69, 9.17) is 15.0 Å². The first-order valence-electron chi connectivity index (χ1n) is 13.0. The highest BCUT2D eigenvalue weighted by Gasteiger charge is 2.26. The van der Waals surface area contributed by atoms with Gasteiger partial charge >= 0.3 is 0 Å². The summed E-state index contributed by atoms with van der Waals surface area (Å²) in [6.45, 7) is 11.2. The van der Waals surface area contributed by atoms with Crippen molar-refractivity contribution in [3.63, 3.8) is 0 Å². The second-order valence-electron chi connectivity index (χ2n) is 11.0. The molecule has 0 atom stereocenters. The summed E-state index contributed by atoms with van der Waals surface area (Å²) >= 11 is 0. The van der Waals surface area contributed by atoms with E-state index >= 15 is 0 Å². The Hall–Kier alpha value is -4.27. The predicted octanol–water partition coefficient (Wildman–Crippen LogP) is 5.46. The number of anilines is 2. The largest absolute Gasteiger partial charge is 0.354 e. The van der Waals surface area contributed by atoms with Crippen molar-refractivity contribution in [1.82, 2.24) is 29.3 Å². The number of nitrogens with one attached hydrogen (secondary N) is 2. The van der Waals surface area contributed by atoms with Crippen molar-refractivity contribution in [1.29, 1.82) is 0 Å². The first-order valence-corrected chi connectivity index (χ1v) is 13.0. The molecular weight excluding hydrogens is 476 g/mol. The minimum Gasteiger partial charge on any atom is -0.354 e. The van der Waals surface area contributed by atoms with Crippen molar-refractivity contribution >= 4 is 39.6 Å². The van der Waals surface area contributed by atoms with Gasteiger partial charge in [0.2, 0.25) is 17.8 Å². The third-order valence-electron chi connectivity index (χ3n) is 6.30. The Morgan fingerprint density at radius 3 is 2.53 bits per heavy atom. The molecule has 9 nitrogen and oxygen atoms in total. The summed E-state index contributed by atoms with van der Waals surface area (Å²) in [4.78, 5) is 27.4. The van der Waals surface area contributed by atoms with Gasteiger partial charge in [0.25, 0.3) is 0 Å². The quantitative estimate of drug-likeness (QED) is 0.287. The highest BCUT2D eigenvalue weighted by molar-refractivity contribution is 6.00. The number of amides is 1. The molecule has 2 aromatic carbocycles. The molecule has 0 fully saturated rings. The molecular formula is C29H34N8O. The Labute approximate surface area is 222 Å². The molecule has 3 aromatic heterocycles. The average molecular weight is 511 g/mol. The van der Waals surface area contributed by atoms with Crippen molar-refractivity contribution in [3.05, 3.63) is 66.5 Å². The molecule has 0 aliphatic rings. The summed E-state index contributed by atoms with van der Waals surface area (Å²) in [5.74, 6) is 1.66. The van der Waals surface area contributed by atoms with E-state index in [9.17, 15) is 4.79 Å². The highest BCUT2D eigenvalue weighted by atomic mass is 16.2. The van der Waals surface area contributed by atoms with Gasteiger partial charge in [-0.1, -0.05) is 77.1 Å². The van der Waals surface area contributed by atoms with Gasteiger partial charge in [-0.2, -0.15) is 15.1 Å². The standard InChI is InChI=1S/C29H34N8O/c1-19(2)18-36-25-23(32-28(36)37-17-9-15-31-37)24(33-26(38)29(3,4)5)34-27(35-25)30-16-14-21-12-8-11-20-10-6-7-13-22(20)21/h6-13,15,17,19H,14,16,18H2,1-5H3,(H2,30,33,34,35,38). The number of rotatable bonds is 8. The number of fused-ring (bicyclic) bond motifs is 2. The lowest BCUT2D eigenvalue weighted by Gasteiger charge is -2.18. The van der Waals surface area contributed by atoms with Gasteiger partial charge in [0.15, 0.2) is 17.0 Å². The Morgan fingerprint density at radius 1 is 1.00 bits per heavy atom. The predicted molar refractivity (Wildman–Crippen MR) is 152 cm³/mol. The van der Waals surface area contributed by atoms with Gasteiger partial charge in [0.05, 0.1) is 0 Å². The van der Waals surface area contributed by atoms with Gasteiger partial charge in [-0.25, -0.2) is 9.67 Å². The SMILES string of the molecule is CC(C)Cn1c(-n2cccn2)nc2c(NC(=O)C(C)(C)C)nc(NCCc3cccc4ccccc34)nc21. The molecule has 3 heterocycles. The van der Waals surface area contributed by atoms with Crippen molar-refractivity contribution in [2.75, 3.05) is 17.2 Å². The maximum absolute atomic E-state index is 13.0. The Bertz CT molecular complexity index is 1570. The lowest BCUT2D eigenvalue weighted by atomic mass is 9.96. The number of imidazole rings is 1. The molecule has 0 saturated carbocycles. The van der Waals surface area contributed by atoms with Gasteiger partial charge in [0.1, 0.15) is 0 Å². The molecule has 196 valence electrons. The number of hydrogen-bond acceptors (Lipinski definition) is 6. The smallest absolute Gasteiger partial charge is 0.233 e. The van der Waals surface area contributed by atoms with Crippen LogP contribution in [0.1, 0.15) is 40.2 Å². The number of aromatic nitrogens is 6. The zero-order chi connectivity index (χ0) is 26.9. The third kappa shape index (κ3) is 5.22. The molecule has 38 heavy (non-hydrogen) atoms. The molecule has 0 radical (unpaired) electrons. The summed E-state index contributed by atoms with van der Waals surface area (Å²) in [6.07, 6.45) is 4.37. The molecule has 0 saturated heterocycles. The van der Waals surface area contributed by atoms with Gasteiger partial charge in [-0.3, -0.25) is 9.36 Å². The summed E-state index contributed by atoms with van der Waals surface area (Å²) in [7, 11) is 0. The molecule has 0 bridgehead atoms. The summed E-state index contributed by atoms with van der Waals surface area (Å²) in [5, 5.41) is 13.2. The summed E-state index contributed by atoms with van der Waals surface area (Å²) in [6, 6.07) is 16.6. The van der Waals surface area contributed by atoms with E-state index in [0.717, 1.165) is 6.42 Å². The lowest BCUT2D eigenvalue weighted by molar-refractivity contribution is -0.123. The molecule has 0 spiro atoms. The normalized spacial score (nSPS) is 11.9. The average Bonchev–Trinajstić information content (AvgIpc) is 3.52. The fraction of sp³-hybridized carbons (Fsp3) is 0.345. The van der Waals surface area contributed by atoms with Crippen molar-refractivity contribution in [2.24, 2.45) is 11.3 Å². The highest BCUT2D eigenvalue weighted by Crippen LogP contribution is 2.27. The van der Waals surface area contributed by atoms with Crippen LogP contribution in [-0.2, 0) is 17.8 Å². The fourth-order valence-corrected chi connectivity index (χ4v) is 4.37. The van der Waals surface area contributed by atoms with E-state index in [1.165, 1.54) is 16.3 Å². The van der Waals surface area contributed by atoms with Crippen LogP contribution >= 0.6 is 0 Å². The van der Waals surface area contributed by atoms with E-state index in [-0.39, 0.29) is 5.91 Å². The monoisotopic (exact) mass is 510 g/mol. The number of hydrogen-bond donors (Lipinski definition) is 2. The van der Waals surface area contributed by atoms with Crippen LogP contribution in [0.25, 0.3) is 27.9 Å². The van der Waals surface area contributed by atoms with Crippen molar-refractivity contribution < 1.29 is 4.79 Å². The minimum absolute atomic E-state index is 0.141. The van der Waals surface area contributed by atoms with Gasteiger partial charge in [0, 0.05) is 30.9 Å². The zero-order valence-electron chi connectivity index (χ0n) is 22.6. The van der Waals surface area contributed by atoms with Crippen LogP contribution in [-0.4, -0.2) is 41.8 Å². The Kier molecular flexibility index (Phi) is 6.84. The van der Waals surface area contributed by atoms with E-state index in [0.29, 0.717) is 47.9 Å². The van der Waals surface area contributed by atoms with Crippen LogP contribution in [0.4, 0.5) is 11.8 Å². The Morgan fingerprint density at radius 2 is 1.79 bits per heavy atom. The van der Waals surface area contributed by atoms with E-state index in [1.54, 1.807) is 10.9 Å². The lowest BCUT2D eigenvalue weighted by Crippen LogP contribution is -2.28.